The number of nitrogens with one attached hydrogen (secondary N) is 2. The van der Waals surface area contributed by atoms with Crippen molar-refractivity contribution in [3.05, 3.63) is 29.5 Å². The van der Waals surface area contributed by atoms with Crippen LogP contribution in [0.4, 0.5) is 0 Å². The summed E-state index contributed by atoms with van der Waals surface area (Å²) in [5.74, 6) is -0.257. The molecule has 3 N–H and O–H groups in total. The molecule has 0 aliphatic rings. The van der Waals surface area contributed by atoms with Gasteiger partial charge in [-0.3, -0.25) is 4.79 Å². The van der Waals surface area contributed by atoms with Crippen molar-refractivity contribution >= 4 is 22.8 Å². The molecular weight excluding hydrogens is 284 g/mol. The molecule has 0 radical (unpaired) electrons. The molecule has 0 aliphatic carbocycles. The van der Waals surface area contributed by atoms with Crippen LogP contribution in [0.15, 0.2) is 18.2 Å². The van der Waals surface area contributed by atoms with Gasteiger partial charge in [0, 0.05) is 29.4 Å². The van der Waals surface area contributed by atoms with E-state index >= 15 is 0 Å². The van der Waals surface area contributed by atoms with Gasteiger partial charge < -0.3 is 20.1 Å². The Hall–Kier alpha value is -2.50. The van der Waals surface area contributed by atoms with Crippen LogP contribution < -0.4 is 10.1 Å². The van der Waals surface area contributed by atoms with Gasteiger partial charge in [0.1, 0.15) is 11.4 Å². The van der Waals surface area contributed by atoms with E-state index in [9.17, 15) is 14.7 Å². The van der Waals surface area contributed by atoms with E-state index < -0.39 is 5.97 Å². The second-order valence-corrected chi connectivity index (χ2v) is 5.57. The van der Waals surface area contributed by atoms with Gasteiger partial charge >= 0.3 is 5.97 Å². The van der Waals surface area contributed by atoms with Crippen LogP contribution in [0.3, 0.4) is 0 Å². The molecule has 1 heterocycles. The first-order chi connectivity index (χ1) is 10.4. The standard InChI is InChI=1S/C16H20N2O4/c1-9(2)6-14(19)17-8-12-11-7-10(22-3)4-5-13(11)18-15(12)16(20)21/h4-5,7,9,18H,6,8H2,1-3H3,(H,17,19)(H,20,21). The van der Waals surface area contributed by atoms with E-state index in [4.69, 9.17) is 4.74 Å². The first kappa shape index (κ1) is 15.9. The van der Waals surface area contributed by atoms with Crippen LogP contribution in [0.2, 0.25) is 0 Å². The van der Waals surface area contributed by atoms with E-state index in [1.54, 1.807) is 25.3 Å². The van der Waals surface area contributed by atoms with Gasteiger partial charge in [-0.25, -0.2) is 4.79 Å². The van der Waals surface area contributed by atoms with Gasteiger partial charge in [-0.15, -0.1) is 0 Å². The van der Waals surface area contributed by atoms with Crippen LogP contribution in [-0.4, -0.2) is 29.1 Å². The van der Waals surface area contributed by atoms with Crippen LogP contribution in [0.25, 0.3) is 10.9 Å². The molecule has 1 aromatic heterocycles. The molecule has 0 unspecified atom stereocenters. The van der Waals surface area contributed by atoms with Crippen molar-refractivity contribution in [1.82, 2.24) is 10.3 Å². The van der Waals surface area contributed by atoms with Crippen LogP contribution >= 0.6 is 0 Å². The largest absolute Gasteiger partial charge is 0.497 e. The fraction of sp³-hybridized carbons (Fsp3) is 0.375. The number of aromatic carboxylic acids is 1. The molecule has 22 heavy (non-hydrogen) atoms. The van der Waals surface area contributed by atoms with E-state index in [2.05, 4.69) is 10.3 Å². The highest BCUT2D eigenvalue weighted by Gasteiger charge is 2.18. The third-order valence-corrected chi connectivity index (χ3v) is 3.38. The molecule has 1 amide bonds. The van der Waals surface area contributed by atoms with Gasteiger partial charge in [-0.1, -0.05) is 13.8 Å². The summed E-state index contributed by atoms with van der Waals surface area (Å²) in [6, 6.07) is 5.29. The van der Waals surface area contributed by atoms with Crippen molar-refractivity contribution in [2.24, 2.45) is 5.92 Å². The molecule has 118 valence electrons. The summed E-state index contributed by atoms with van der Waals surface area (Å²) in [5.41, 5.74) is 1.35. The molecule has 2 rings (SSSR count). The molecule has 0 bridgehead atoms. The number of carboxylic acids is 1. The first-order valence-electron chi connectivity index (χ1n) is 7.11. The smallest absolute Gasteiger partial charge is 0.352 e. The molecule has 0 saturated heterocycles. The number of ether oxygens (including phenoxy) is 1. The summed E-state index contributed by atoms with van der Waals surface area (Å²) >= 11 is 0. The Morgan fingerprint density at radius 1 is 1.36 bits per heavy atom. The summed E-state index contributed by atoms with van der Waals surface area (Å²) in [6.07, 6.45) is 0.411. The van der Waals surface area contributed by atoms with Gasteiger partial charge in [0.15, 0.2) is 0 Å². The molecule has 0 fully saturated rings. The Kier molecular flexibility index (Phi) is 4.70. The zero-order valence-corrected chi connectivity index (χ0v) is 12.9. The van der Waals surface area contributed by atoms with Crippen molar-refractivity contribution in [2.45, 2.75) is 26.8 Å². The maximum Gasteiger partial charge on any atom is 0.352 e. The lowest BCUT2D eigenvalue weighted by molar-refractivity contribution is -0.121. The number of carbonyl (C=O) groups is 2. The number of hydrogen-bond acceptors (Lipinski definition) is 3. The van der Waals surface area contributed by atoms with Gasteiger partial charge in [-0.05, 0) is 24.1 Å². The predicted molar refractivity (Wildman–Crippen MR) is 83.1 cm³/mol. The number of H-pyrrole nitrogens is 1. The Bertz CT molecular complexity index is 703. The van der Waals surface area contributed by atoms with Crippen LogP contribution in [-0.2, 0) is 11.3 Å². The molecule has 0 saturated carbocycles. The second kappa shape index (κ2) is 6.51. The Balaban J connectivity index is 2.34. The lowest BCUT2D eigenvalue weighted by atomic mass is 10.1. The molecular formula is C16H20N2O4. The van der Waals surface area contributed by atoms with Gasteiger partial charge in [0.25, 0.3) is 0 Å². The molecule has 1 aromatic carbocycles. The molecule has 0 atom stereocenters. The highest BCUT2D eigenvalue weighted by atomic mass is 16.5. The van der Waals surface area contributed by atoms with E-state index in [0.717, 1.165) is 5.39 Å². The van der Waals surface area contributed by atoms with E-state index in [1.165, 1.54) is 0 Å². The van der Waals surface area contributed by atoms with Gasteiger partial charge in [0.2, 0.25) is 5.91 Å². The maximum atomic E-state index is 11.8. The van der Waals surface area contributed by atoms with Crippen molar-refractivity contribution in [3.63, 3.8) is 0 Å². The number of fused-ring (bicyclic) bond motifs is 1. The Morgan fingerprint density at radius 3 is 2.68 bits per heavy atom. The zero-order valence-electron chi connectivity index (χ0n) is 12.9. The molecule has 6 nitrogen and oxygen atoms in total. The summed E-state index contributed by atoms with van der Waals surface area (Å²) in [7, 11) is 1.55. The summed E-state index contributed by atoms with van der Waals surface area (Å²) in [6.45, 7) is 4.08. The third-order valence-electron chi connectivity index (χ3n) is 3.38. The summed E-state index contributed by atoms with van der Waals surface area (Å²) in [5, 5.41) is 12.8. The number of carbonyl (C=O) groups excluding carboxylic acids is 1. The fourth-order valence-corrected chi connectivity index (χ4v) is 2.35. The van der Waals surface area contributed by atoms with E-state index in [1.807, 2.05) is 13.8 Å². The van der Waals surface area contributed by atoms with Crippen LogP contribution in [0.1, 0.15) is 36.3 Å². The predicted octanol–water partition coefficient (Wildman–Crippen LogP) is 2.54. The minimum Gasteiger partial charge on any atom is -0.497 e. The SMILES string of the molecule is COc1ccc2[nH]c(C(=O)O)c(CNC(=O)CC(C)C)c2c1. The normalized spacial score (nSPS) is 10.9. The van der Waals surface area contributed by atoms with Crippen molar-refractivity contribution < 1.29 is 19.4 Å². The number of aromatic amines is 1. The highest BCUT2D eigenvalue weighted by molar-refractivity contribution is 5.98. The number of benzene rings is 1. The minimum atomic E-state index is -1.05. The quantitative estimate of drug-likeness (QED) is 0.764. The maximum absolute atomic E-state index is 11.8. The average molecular weight is 304 g/mol. The number of hydrogen-bond donors (Lipinski definition) is 3. The molecule has 6 heteroatoms. The summed E-state index contributed by atoms with van der Waals surface area (Å²) < 4.78 is 5.18. The zero-order chi connectivity index (χ0) is 16.3. The second-order valence-electron chi connectivity index (χ2n) is 5.57. The third kappa shape index (κ3) is 3.39. The van der Waals surface area contributed by atoms with Crippen molar-refractivity contribution in [3.8, 4) is 5.75 Å². The topological polar surface area (TPSA) is 91.4 Å². The van der Waals surface area contributed by atoms with Gasteiger partial charge in [-0.2, -0.15) is 0 Å². The number of methoxy groups -OCH3 is 1. The lowest BCUT2D eigenvalue weighted by Crippen LogP contribution is -2.24. The number of aromatic nitrogens is 1. The minimum absolute atomic E-state index is 0.0908. The average Bonchev–Trinajstić information content (AvgIpc) is 2.82. The van der Waals surface area contributed by atoms with Crippen molar-refractivity contribution in [2.75, 3.05) is 7.11 Å². The molecule has 0 aliphatic heterocycles. The Morgan fingerprint density at radius 2 is 2.09 bits per heavy atom. The number of carboxylic acid groups (broad SMARTS) is 1. The van der Waals surface area contributed by atoms with Gasteiger partial charge in [0.05, 0.1) is 7.11 Å². The fourth-order valence-electron chi connectivity index (χ4n) is 2.35. The van der Waals surface area contributed by atoms with Crippen LogP contribution in [0, 0.1) is 5.92 Å². The Labute approximate surface area is 128 Å². The molecule has 0 spiro atoms. The highest BCUT2D eigenvalue weighted by Crippen LogP contribution is 2.26. The first-order valence-corrected chi connectivity index (χ1v) is 7.11. The monoisotopic (exact) mass is 304 g/mol. The van der Waals surface area contributed by atoms with E-state index in [0.29, 0.717) is 23.3 Å². The lowest BCUT2D eigenvalue weighted by Gasteiger charge is -2.08. The number of rotatable bonds is 6. The van der Waals surface area contributed by atoms with E-state index in [-0.39, 0.29) is 24.1 Å². The summed E-state index contributed by atoms with van der Waals surface area (Å²) in [4.78, 5) is 26.1. The van der Waals surface area contributed by atoms with Crippen LogP contribution in [0.5, 0.6) is 5.75 Å². The van der Waals surface area contributed by atoms with Crippen molar-refractivity contribution in [1.29, 1.82) is 0 Å². The molecule has 2 aromatic rings. The number of amides is 1.